The van der Waals surface area contributed by atoms with Crippen molar-refractivity contribution in [3.05, 3.63) is 24.0 Å². The van der Waals surface area contributed by atoms with Gasteiger partial charge in [-0.15, -0.1) is 0 Å². The lowest BCUT2D eigenvalue weighted by Gasteiger charge is -2.35. The van der Waals surface area contributed by atoms with Crippen LogP contribution in [0.2, 0.25) is 0 Å². The lowest BCUT2D eigenvalue weighted by atomic mass is 10.1. The molecule has 1 fully saturated rings. The minimum atomic E-state index is -0.484. The van der Waals surface area contributed by atoms with Crippen LogP contribution in [0.1, 0.15) is 26.3 Å². The minimum absolute atomic E-state index is 0.106. The second-order valence-corrected chi connectivity index (χ2v) is 7.53. The van der Waals surface area contributed by atoms with Crippen molar-refractivity contribution in [3.8, 4) is 11.5 Å². The van der Waals surface area contributed by atoms with Crippen molar-refractivity contribution in [2.75, 3.05) is 33.3 Å². The van der Waals surface area contributed by atoms with E-state index in [1.807, 2.05) is 26.8 Å². The van der Waals surface area contributed by atoms with Gasteiger partial charge in [0.1, 0.15) is 23.2 Å². The Hall–Kier alpha value is -2.41. The first-order valence-electron chi connectivity index (χ1n) is 8.74. The SMILES string of the molecule is COc1cc(CN2CCN(C(=O)OC(C)(C)C)CC2)c2occ(O)c2c1. The summed E-state index contributed by atoms with van der Waals surface area (Å²) in [6, 6.07) is 3.68. The molecule has 0 saturated carbocycles. The molecule has 0 unspecified atom stereocenters. The average Bonchev–Trinajstić information content (AvgIpc) is 2.95. The predicted octanol–water partition coefficient (Wildman–Crippen LogP) is 3.20. The molecule has 2 heterocycles. The summed E-state index contributed by atoms with van der Waals surface area (Å²) in [6.45, 7) is 8.98. The van der Waals surface area contributed by atoms with Gasteiger partial charge in [0.05, 0.1) is 12.5 Å². The van der Waals surface area contributed by atoms with Gasteiger partial charge in [-0.2, -0.15) is 0 Å². The zero-order chi connectivity index (χ0) is 18.9. The largest absolute Gasteiger partial charge is 0.504 e. The van der Waals surface area contributed by atoms with Crippen LogP contribution < -0.4 is 4.74 Å². The van der Waals surface area contributed by atoms with E-state index in [2.05, 4.69) is 4.90 Å². The highest BCUT2D eigenvalue weighted by Gasteiger charge is 2.26. The first-order valence-corrected chi connectivity index (χ1v) is 8.74. The van der Waals surface area contributed by atoms with Gasteiger partial charge in [0, 0.05) is 38.3 Å². The van der Waals surface area contributed by atoms with E-state index in [9.17, 15) is 9.90 Å². The number of methoxy groups -OCH3 is 1. The Morgan fingerprint density at radius 1 is 1.23 bits per heavy atom. The van der Waals surface area contributed by atoms with Gasteiger partial charge in [0.25, 0.3) is 0 Å². The lowest BCUT2D eigenvalue weighted by Crippen LogP contribution is -2.49. The van der Waals surface area contributed by atoms with E-state index in [1.165, 1.54) is 6.26 Å². The van der Waals surface area contributed by atoms with Gasteiger partial charge < -0.3 is 23.9 Å². The number of hydrogen-bond acceptors (Lipinski definition) is 6. The monoisotopic (exact) mass is 362 g/mol. The van der Waals surface area contributed by atoms with Crippen molar-refractivity contribution in [3.63, 3.8) is 0 Å². The number of benzene rings is 1. The molecule has 2 aromatic rings. The van der Waals surface area contributed by atoms with Crippen LogP contribution in [0.15, 0.2) is 22.8 Å². The van der Waals surface area contributed by atoms with Crippen LogP contribution in [0, 0.1) is 0 Å². The number of fused-ring (bicyclic) bond motifs is 1. The van der Waals surface area contributed by atoms with Gasteiger partial charge in [0.15, 0.2) is 5.75 Å². The van der Waals surface area contributed by atoms with Crippen LogP contribution in [0.4, 0.5) is 4.79 Å². The molecule has 7 heteroatoms. The second-order valence-electron chi connectivity index (χ2n) is 7.53. The molecule has 1 aliphatic rings. The number of amides is 1. The number of furan rings is 1. The van der Waals surface area contributed by atoms with Crippen molar-refractivity contribution in [1.82, 2.24) is 9.80 Å². The summed E-state index contributed by atoms with van der Waals surface area (Å²) in [5.74, 6) is 0.784. The molecule has 1 aromatic heterocycles. The molecule has 1 aromatic carbocycles. The Morgan fingerprint density at radius 2 is 1.92 bits per heavy atom. The Kier molecular flexibility index (Phi) is 5.00. The van der Waals surface area contributed by atoms with Crippen LogP contribution in [-0.4, -0.2) is 59.9 Å². The first-order chi connectivity index (χ1) is 12.3. The van der Waals surface area contributed by atoms with Crippen molar-refractivity contribution in [2.24, 2.45) is 0 Å². The smallest absolute Gasteiger partial charge is 0.410 e. The van der Waals surface area contributed by atoms with Crippen LogP contribution in [0.25, 0.3) is 11.0 Å². The summed E-state index contributed by atoms with van der Waals surface area (Å²) >= 11 is 0. The second kappa shape index (κ2) is 7.07. The maximum atomic E-state index is 12.2. The number of carbonyl (C=O) groups is 1. The van der Waals surface area contributed by atoms with Gasteiger partial charge in [-0.1, -0.05) is 0 Å². The summed E-state index contributed by atoms with van der Waals surface area (Å²) < 4.78 is 16.3. The maximum Gasteiger partial charge on any atom is 0.410 e. The normalized spacial score (nSPS) is 16.1. The molecule has 1 amide bonds. The fourth-order valence-electron chi connectivity index (χ4n) is 3.06. The number of ether oxygens (including phenoxy) is 2. The molecule has 0 aliphatic carbocycles. The zero-order valence-corrected chi connectivity index (χ0v) is 15.7. The highest BCUT2D eigenvalue weighted by molar-refractivity contribution is 5.87. The topological polar surface area (TPSA) is 75.4 Å². The van der Waals surface area contributed by atoms with Crippen molar-refractivity contribution < 1.29 is 23.8 Å². The highest BCUT2D eigenvalue weighted by atomic mass is 16.6. The van der Waals surface area contributed by atoms with E-state index in [-0.39, 0.29) is 11.8 Å². The van der Waals surface area contributed by atoms with Crippen LogP contribution in [-0.2, 0) is 11.3 Å². The number of nitrogens with zero attached hydrogens (tertiary/aromatic N) is 2. The number of carbonyl (C=O) groups excluding carboxylic acids is 1. The molecule has 7 nitrogen and oxygen atoms in total. The van der Waals surface area contributed by atoms with E-state index in [0.29, 0.717) is 36.4 Å². The van der Waals surface area contributed by atoms with Crippen molar-refractivity contribution in [1.29, 1.82) is 0 Å². The standard InChI is InChI=1S/C19H26N2O5/c1-19(2,3)26-18(23)21-7-5-20(6-8-21)11-13-9-14(24-4)10-15-16(22)12-25-17(13)15/h9-10,12,22H,5-8,11H2,1-4H3. The molecule has 3 rings (SSSR count). The van der Waals surface area contributed by atoms with Gasteiger partial charge in [-0.05, 0) is 32.9 Å². The third-order valence-corrected chi connectivity index (χ3v) is 4.36. The third-order valence-electron chi connectivity index (χ3n) is 4.36. The van der Waals surface area contributed by atoms with E-state index in [1.54, 1.807) is 18.1 Å². The Labute approximate surface area is 153 Å². The predicted molar refractivity (Wildman–Crippen MR) is 97.5 cm³/mol. The average molecular weight is 362 g/mol. The maximum absolute atomic E-state index is 12.2. The van der Waals surface area contributed by atoms with Gasteiger partial charge in [-0.25, -0.2) is 4.79 Å². The Morgan fingerprint density at radius 3 is 2.54 bits per heavy atom. The Bertz CT molecular complexity index is 785. The summed E-state index contributed by atoms with van der Waals surface area (Å²) in [4.78, 5) is 16.1. The lowest BCUT2D eigenvalue weighted by molar-refractivity contribution is 0.0139. The van der Waals surface area contributed by atoms with Crippen molar-refractivity contribution >= 4 is 17.1 Å². The van der Waals surface area contributed by atoms with Gasteiger partial charge in [0.2, 0.25) is 0 Å². The van der Waals surface area contributed by atoms with Gasteiger partial charge >= 0.3 is 6.09 Å². The third kappa shape index (κ3) is 4.04. The number of rotatable bonds is 3. The quantitative estimate of drug-likeness (QED) is 0.904. The van der Waals surface area contributed by atoms with Crippen LogP contribution in [0.5, 0.6) is 11.5 Å². The first kappa shape index (κ1) is 18.4. The highest BCUT2D eigenvalue weighted by Crippen LogP contribution is 2.34. The molecular formula is C19H26N2O5. The fraction of sp³-hybridized carbons (Fsp3) is 0.526. The van der Waals surface area contributed by atoms with E-state index in [4.69, 9.17) is 13.9 Å². The van der Waals surface area contributed by atoms with Crippen LogP contribution >= 0.6 is 0 Å². The molecule has 0 atom stereocenters. The van der Waals surface area contributed by atoms with E-state index in [0.717, 1.165) is 18.7 Å². The molecule has 0 spiro atoms. The molecular weight excluding hydrogens is 336 g/mol. The molecule has 142 valence electrons. The molecule has 26 heavy (non-hydrogen) atoms. The summed E-state index contributed by atoms with van der Waals surface area (Å²) in [5.41, 5.74) is 1.13. The molecule has 1 N–H and O–H groups in total. The van der Waals surface area contributed by atoms with Crippen LogP contribution in [0.3, 0.4) is 0 Å². The molecule has 0 bridgehead atoms. The zero-order valence-electron chi connectivity index (χ0n) is 15.7. The number of piperazine rings is 1. The summed E-state index contributed by atoms with van der Waals surface area (Å²) in [5, 5.41) is 10.6. The number of hydrogen-bond donors (Lipinski definition) is 1. The fourth-order valence-corrected chi connectivity index (χ4v) is 3.06. The Balaban J connectivity index is 1.67. The van der Waals surface area contributed by atoms with Crippen molar-refractivity contribution in [2.45, 2.75) is 32.9 Å². The summed E-state index contributed by atoms with van der Waals surface area (Å²) in [6.07, 6.45) is 1.07. The molecule has 0 radical (unpaired) electrons. The number of aromatic hydroxyl groups is 1. The van der Waals surface area contributed by atoms with E-state index >= 15 is 0 Å². The minimum Gasteiger partial charge on any atom is -0.504 e. The van der Waals surface area contributed by atoms with Gasteiger partial charge in [-0.3, -0.25) is 4.90 Å². The molecule has 1 saturated heterocycles. The molecule has 1 aliphatic heterocycles. The summed E-state index contributed by atoms with van der Waals surface area (Å²) in [7, 11) is 1.60. The van der Waals surface area contributed by atoms with E-state index < -0.39 is 5.60 Å².